The summed E-state index contributed by atoms with van der Waals surface area (Å²) in [7, 11) is 0. The fraction of sp³-hybridized carbons (Fsp3) is 0.100. The molecular formula is C20H18BrN3O. The third kappa shape index (κ3) is 4.67. The first kappa shape index (κ1) is 17.2. The zero-order valence-corrected chi connectivity index (χ0v) is 15.4. The van der Waals surface area contributed by atoms with Gasteiger partial charge in [-0.05, 0) is 52.7 Å². The van der Waals surface area contributed by atoms with Crippen molar-refractivity contribution in [1.29, 1.82) is 0 Å². The zero-order valence-electron chi connectivity index (χ0n) is 13.8. The van der Waals surface area contributed by atoms with E-state index in [1.54, 1.807) is 18.3 Å². The number of rotatable bonds is 5. The Morgan fingerprint density at radius 3 is 2.60 bits per heavy atom. The lowest BCUT2D eigenvalue weighted by molar-refractivity contribution is 0.0951. The molecule has 3 aromatic rings. The minimum Gasteiger partial charge on any atom is -0.348 e. The maximum Gasteiger partial charge on any atom is 0.251 e. The smallest absolute Gasteiger partial charge is 0.251 e. The lowest BCUT2D eigenvalue weighted by atomic mass is 10.1. The maximum atomic E-state index is 12.4. The summed E-state index contributed by atoms with van der Waals surface area (Å²) in [5.41, 5.74) is 3.73. The van der Waals surface area contributed by atoms with Crippen molar-refractivity contribution in [3.8, 4) is 0 Å². The summed E-state index contributed by atoms with van der Waals surface area (Å²) < 4.78 is 0.936. The first-order valence-electron chi connectivity index (χ1n) is 7.93. The number of pyridine rings is 1. The van der Waals surface area contributed by atoms with Gasteiger partial charge in [-0.15, -0.1) is 0 Å². The Morgan fingerprint density at radius 1 is 1.08 bits per heavy atom. The number of aromatic nitrogens is 1. The molecule has 0 spiro atoms. The van der Waals surface area contributed by atoms with Crippen molar-refractivity contribution in [2.45, 2.75) is 13.5 Å². The van der Waals surface area contributed by atoms with Crippen LogP contribution in [0.1, 0.15) is 21.5 Å². The molecular weight excluding hydrogens is 378 g/mol. The van der Waals surface area contributed by atoms with Gasteiger partial charge < -0.3 is 10.6 Å². The van der Waals surface area contributed by atoms with Crippen molar-refractivity contribution in [2.24, 2.45) is 0 Å². The summed E-state index contributed by atoms with van der Waals surface area (Å²) in [6.07, 6.45) is 1.62. The van der Waals surface area contributed by atoms with E-state index in [1.807, 2.05) is 55.5 Å². The Balaban J connectivity index is 1.67. The van der Waals surface area contributed by atoms with Gasteiger partial charge in [-0.2, -0.15) is 0 Å². The summed E-state index contributed by atoms with van der Waals surface area (Å²) in [5.74, 6) is 0.494. The lowest BCUT2D eigenvalue weighted by Crippen LogP contribution is -2.22. The molecule has 2 N–H and O–H groups in total. The van der Waals surface area contributed by atoms with Gasteiger partial charge in [-0.3, -0.25) is 4.79 Å². The largest absolute Gasteiger partial charge is 0.348 e. The van der Waals surface area contributed by atoms with E-state index < -0.39 is 0 Å². The predicted molar refractivity (Wildman–Crippen MR) is 104 cm³/mol. The van der Waals surface area contributed by atoms with Crippen molar-refractivity contribution in [2.75, 3.05) is 5.32 Å². The fourth-order valence-electron chi connectivity index (χ4n) is 2.33. The molecule has 126 valence electrons. The predicted octanol–water partition coefficient (Wildman–Crippen LogP) is 4.83. The molecule has 3 rings (SSSR count). The van der Waals surface area contributed by atoms with Gasteiger partial charge in [-0.1, -0.05) is 42.0 Å². The van der Waals surface area contributed by atoms with Gasteiger partial charge in [0, 0.05) is 22.8 Å². The number of halogens is 1. The fourth-order valence-corrected chi connectivity index (χ4v) is 2.71. The third-order valence-electron chi connectivity index (χ3n) is 3.73. The Labute approximate surface area is 155 Å². The summed E-state index contributed by atoms with van der Waals surface area (Å²) in [5, 5.41) is 6.14. The van der Waals surface area contributed by atoms with E-state index in [0.29, 0.717) is 17.9 Å². The number of amides is 1. The molecule has 0 aliphatic rings. The van der Waals surface area contributed by atoms with Gasteiger partial charge in [-0.25, -0.2) is 4.98 Å². The Morgan fingerprint density at radius 2 is 1.84 bits per heavy atom. The van der Waals surface area contributed by atoms with Crippen molar-refractivity contribution in [3.05, 3.63) is 88.0 Å². The minimum atomic E-state index is -0.127. The van der Waals surface area contributed by atoms with Crippen LogP contribution in [-0.2, 0) is 6.54 Å². The number of hydrogen-bond acceptors (Lipinski definition) is 3. The molecule has 4 nitrogen and oxygen atoms in total. The molecule has 0 atom stereocenters. The highest BCUT2D eigenvalue weighted by molar-refractivity contribution is 9.10. The van der Waals surface area contributed by atoms with Gasteiger partial charge in [0.1, 0.15) is 5.82 Å². The number of anilines is 2. The van der Waals surface area contributed by atoms with Gasteiger partial charge >= 0.3 is 0 Å². The second kappa shape index (κ2) is 7.94. The quantitative estimate of drug-likeness (QED) is 0.650. The lowest BCUT2D eigenvalue weighted by Gasteiger charge is -2.10. The van der Waals surface area contributed by atoms with Crippen LogP contribution in [-0.4, -0.2) is 10.9 Å². The molecule has 0 fully saturated rings. The molecule has 2 aromatic carbocycles. The number of para-hydroxylation sites is 1. The molecule has 1 amide bonds. The summed E-state index contributed by atoms with van der Waals surface area (Å²) in [4.78, 5) is 16.7. The highest BCUT2D eigenvalue weighted by Gasteiger charge is 2.08. The number of nitrogens with zero attached hydrogens (tertiary/aromatic N) is 1. The SMILES string of the molecule is Cc1ccc(CNC(=O)c2ccnc(Nc3ccccc3Br)c2)cc1. The normalized spacial score (nSPS) is 10.3. The average Bonchev–Trinajstić information content (AvgIpc) is 2.63. The second-order valence-corrected chi connectivity index (χ2v) is 6.56. The summed E-state index contributed by atoms with van der Waals surface area (Å²) in [6.45, 7) is 2.54. The third-order valence-corrected chi connectivity index (χ3v) is 4.42. The number of hydrogen-bond donors (Lipinski definition) is 2. The standard InChI is InChI=1S/C20H18BrN3O/c1-14-6-8-15(9-7-14)13-23-20(25)16-10-11-22-19(12-16)24-18-5-3-2-4-17(18)21/h2-12H,13H2,1H3,(H,22,24)(H,23,25). The van der Waals surface area contributed by atoms with E-state index in [1.165, 1.54) is 5.56 Å². The molecule has 1 heterocycles. The first-order chi connectivity index (χ1) is 12.1. The van der Waals surface area contributed by atoms with Crippen LogP contribution in [0.3, 0.4) is 0 Å². The van der Waals surface area contributed by atoms with Crippen molar-refractivity contribution in [1.82, 2.24) is 10.3 Å². The van der Waals surface area contributed by atoms with E-state index in [9.17, 15) is 4.79 Å². The first-order valence-corrected chi connectivity index (χ1v) is 8.72. The van der Waals surface area contributed by atoms with Crippen molar-refractivity contribution in [3.63, 3.8) is 0 Å². The van der Waals surface area contributed by atoms with E-state index in [-0.39, 0.29) is 5.91 Å². The Hall–Kier alpha value is -2.66. The van der Waals surface area contributed by atoms with Crippen LogP contribution in [0.5, 0.6) is 0 Å². The van der Waals surface area contributed by atoms with Crippen LogP contribution >= 0.6 is 15.9 Å². The highest BCUT2D eigenvalue weighted by atomic mass is 79.9. The number of benzene rings is 2. The van der Waals surface area contributed by atoms with Gasteiger partial charge in [0.15, 0.2) is 0 Å². The minimum absolute atomic E-state index is 0.127. The van der Waals surface area contributed by atoms with Crippen LogP contribution in [0.25, 0.3) is 0 Å². The summed E-state index contributed by atoms with van der Waals surface area (Å²) >= 11 is 3.49. The Kier molecular flexibility index (Phi) is 5.46. The molecule has 5 heteroatoms. The van der Waals surface area contributed by atoms with Crippen LogP contribution in [0, 0.1) is 6.92 Å². The molecule has 25 heavy (non-hydrogen) atoms. The van der Waals surface area contributed by atoms with Crippen LogP contribution in [0.2, 0.25) is 0 Å². The highest BCUT2D eigenvalue weighted by Crippen LogP contribution is 2.24. The molecule has 0 radical (unpaired) electrons. The maximum absolute atomic E-state index is 12.4. The molecule has 0 saturated heterocycles. The topological polar surface area (TPSA) is 54.0 Å². The molecule has 0 unspecified atom stereocenters. The van der Waals surface area contributed by atoms with Gasteiger partial charge in [0.25, 0.3) is 5.91 Å². The zero-order chi connectivity index (χ0) is 17.6. The number of nitrogens with one attached hydrogen (secondary N) is 2. The summed E-state index contributed by atoms with van der Waals surface area (Å²) in [6, 6.07) is 19.3. The van der Waals surface area contributed by atoms with Crippen molar-refractivity contribution >= 4 is 33.3 Å². The van der Waals surface area contributed by atoms with E-state index in [4.69, 9.17) is 0 Å². The van der Waals surface area contributed by atoms with Crippen LogP contribution < -0.4 is 10.6 Å². The van der Waals surface area contributed by atoms with Crippen LogP contribution in [0.4, 0.5) is 11.5 Å². The molecule has 0 bridgehead atoms. The average molecular weight is 396 g/mol. The number of carbonyl (C=O) groups is 1. The van der Waals surface area contributed by atoms with Crippen LogP contribution in [0.15, 0.2) is 71.3 Å². The van der Waals surface area contributed by atoms with Gasteiger partial charge in [0.2, 0.25) is 0 Å². The van der Waals surface area contributed by atoms with Crippen molar-refractivity contribution < 1.29 is 4.79 Å². The monoisotopic (exact) mass is 395 g/mol. The van der Waals surface area contributed by atoms with Gasteiger partial charge in [0.05, 0.1) is 5.69 Å². The molecule has 0 saturated carbocycles. The molecule has 1 aromatic heterocycles. The van der Waals surface area contributed by atoms with E-state index >= 15 is 0 Å². The van der Waals surface area contributed by atoms with E-state index in [0.717, 1.165) is 15.7 Å². The second-order valence-electron chi connectivity index (χ2n) is 5.70. The van der Waals surface area contributed by atoms with E-state index in [2.05, 4.69) is 31.5 Å². The molecule has 0 aliphatic heterocycles. The number of aryl methyl sites for hydroxylation is 1. The number of carbonyl (C=O) groups excluding carboxylic acids is 1. The molecule has 0 aliphatic carbocycles. The Bertz CT molecular complexity index is 878.